The van der Waals surface area contributed by atoms with Crippen molar-refractivity contribution in [1.29, 1.82) is 0 Å². The van der Waals surface area contributed by atoms with Crippen LogP contribution < -0.4 is 5.32 Å². The number of nitrogens with one attached hydrogen (secondary N) is 1. The average molecular weight is 265 g/mol. The second-order valence-corrected chi connectivity index (χ2v) is 5.53. The molecule has 104 valence electrons. The highest BCUT2D eigenvalue weighted by Gasteiger charge is 2.40. The van der Waals surface area contributed by atoms with E-state index in [0.29, 0.717) is 18.8 Å². The Kier molecular flexibility index (Phi) is 4.08. The number of hydrogen-bond donors (Lipinski definition) is 2. The molecular formula is C15H20FNO2. The Morgan fingerprint density at radius 2 is 2.11 bits per heavy atom. The molecule has 2 N–H and O–H groups in total. The van der Waals surface area contributed by atoms with E-state index in [2.05, 4.69) is 12.2 Å². The van der Waals surface area contributed by atoms with Crippen LogP contribution in [0.1, 0.15) is 39.0 Å². The SMILES string of the molecule is CC1CCCC(Nc2ccccc2F)(C(=O)O)CC1. The summed E-state index contributed by atoms with van der Waals surface area (Å²) in [6.45, 7) is 2.14. The topological polar surface area (TPSA) is 49.3 Å². The van der Waals surface area contributed by atoms with Crippen LogP contribution >= 0.6 is 0 Å². The molecule has 1 aliphatic carbocycles. The molecule has 2 rings (SSSR count). The largest absolute Gasteiger partial charge is 0.480 e. The Labute approximate surface area is 112 Å². The van der Waals surface area contributed by atoms with Crippen LogP contribution in [0.3, 0.4) is 0 Å². The molecule has 0 aromatic heterocycles. The van der Waals surface area contributed by atoms with E-state index in [1.54, 1.807) is 18.2 Å². The van der Waals surface area contributed by atoms with E-state index in [0.717, 1.165) is 19.3 Å². The van der Waals surface area contributed by atoms with Crippen LogP contribution in [-0.4, -0.2) is 16.6 Å². The van der Waals surface area contributed by atoms with Crippen molar-refractivity contribution in [3.05, 3.63) is 30.1 Å². The highest BCUT2D eigenvalue weighted by Crippen LogP contribution is 2.34. The van der Waals surface area contributed by atoms with Crippen LogP contribution in [0, 0.1) is 11.7 Å². The summed E-state index contributed by atoms with van der Waals surface area (Å²) in [6, 6.07) is 6.25. The normalized spacial score (nSPS) is 27.6. The van der Waals surface area contributed by atoms with Crippen LogP contribution in [-0.2, 0) is 4.79 Å². The van der Waals surface area contributed by atoms with Crippen molar-refractivity contribution in [3.63, 3.8) is 0 Å². The number of halogens is 1. The molecule has 2 atom stereocenters. The number of hydrogen-bond acceptors (Lipinski definition) is 2. The van der Waals surface area contributed by atoms with Gasteiger partial charge in [0.1, 0.15) is 11.4 Å². The quantitative estimate of drug-likeness (QED) is 0.820. The van der Waals surface area contributed by atoms with Crippen LogP contribution in [0.5, 0.6) is 0 Å². The minimum atomic E-state index is -1.03. The van der Waals surface area contributed by atoms with Crippen molar-refractivity contribution in [1.82, 2.24) is 0 Å². The smallest absolute Gasteiger partial charge is 0.329 e. The zero-order valence-electron chi connectivity index (χ0n) is 11.2. The lowest BCUT2D eigenvalue weighted by atomic mass is 9.89. The molecule has 0 saturated heterocycles. The summed E-state index contributed by atoms with van der Waals surface area (Å²) in [7, 11) is 0. The summed E-state index contributed by atoms with van der Waals surface area (Å²) < 4.78 is 13.7. The van der Waals surface area contributed by atoms with E-state index in [4.69, 9.17) is 0 Å². The summed E-state index contributed by atoms with van der Waals surface area (Å²) in [6.07, 6.45) is 3.83. The van der Waals surface area contributed by atoms with Gasteiger partial charge in [-0.15, -0.1) is 0 Å². The van der Waals surface area contributed by atoms with E-state index >= 15 is 0 Å². The van der Waals surface area contributed by atoms with Gasteiger partial charge in [-0.1, -0.05) is 31.9 Å². The fraction of sp³-hybridized carbons (Fsp3) is 0.533. The zero-order chi connectivity index (χ0) is 13.9. The first-order chi connectivity index (χ1) is 9.03. The molecule has 1 aliphatic rings. The maximum absolute atomic E-state index is 13.7. The van der Waals surface area contributed by atoms with Gasteiger partial charge < -0.3 is 10.4 Å². The van der Waals surface area contributed by atoms with Crippen molar-refractivity contribution >= 4 is 11.7 Å². The first kappa shape index (κ1) is 13.8. The first-order valence-electron chi connectivity index (χ1n) is 6.80. The second-order valence-electron chi connectivity index (χ2n) is 5.53. The van der Waals surface area contributed by atoms with Crippen molar-refractivity contribution in [2.75, 3.05) is 5.32 Å². The maximum atomic E-state index is 13.7. The van der Waals surface area contributed by atoms with Gasteiger partial charge in [-0.3, -0.25) is 0 Å². The number of carboxylic acid groups (broad SMARTS) is 1. The summed E-state index contributed by atoms with van der Waals surface area (Å²) in [5.41, 5.74) is -0.757. The minimum absolute atomic E-state index is 0.277. The number of aliphatic carboxylic acids is 1. The van der Waals surface area contributed by atoms with Crippen molar-refractivity contribution in [2.24, 2.45) is 5.92 Å². The van der Waals surface area contributed by atoms with Gasteiger partial charge in [0.25, 0.3) is 0 Å². The average Bonchev–Trinajstić information content (AvgIpc) is 2.56. The number of carbonyl (C=O) groups is 1. The van der Waals surface area contributed by atoms with Gasteiger partial charge in [0, 0.05) is 0 Å². The third-order valence-corrected chi connectivity index (χ3v) is 4.02. The molecule has 0 spiro atoms. The second kappa shape index (κ2) is 5.59. The van der Waals surface area contributed by atoms with E-state index in [1.807, 2.05) is 0 Å². The minimum Gasteiger partial charge on any atom is -0.480 e. The Hall–Kier alpha value is -1.58. The Balaban J connectivity index is 2.25. The third kappa shape index (κ3) is 3.06. The fourth-order valence-electron chi connectivity index (χ4n) is 2.73. The molecule has 4 heteroatoms. The van der Waals surface area contributed by atoms with Crippen molar-refractivity contribution in [3.8, 4) is 0 Å². The predicted octanol–water partition coefficient (Wildman–Crippen LogP) is 3.66. The van der Waals surface area contributed by atoms with E-state index in [-0.39, 0.29) is 5.69 Å². The molecule has 0 amide bonds. The van der Waals surface area contributed by atoms with Crippen LogP contribution in [0.2, 0.25) is 0 Å². The lowest BCUT2D eigenvalue weighted by Gasteiger charge is -2.30. The first-order valence-corrected chi connectivity index (χ1v) is 6.80. The highest BCUT2D eigenvalue weighted by molar-refractivity contribution is 5.82. The number of benzene rings is 1. The van der Waals surface area contributed by atoms with Crippen LogP contribution in [0.15, 0.2) is 24.3 Å². The van der Waals surface area contributed by atoms with Gasteiger partial charge >= 0.3 is 5.97 Å². The lowest BCUT2D eigenvalue weighted by Crippen LogP contribution is -2.46. The van der Waals surface area contributed by atoms with Gasteiger partial charge in [-0.05, 0) is 37.3 Å². The molecule has 0 bridgehead atoms. The Morgan fingerprint density at radius 3 is 2.79 bits per heavy atom. The number of anilines is 1. The van der Waals surface area contributed by atoms with Gasteiger partial charge in [-0.2, -0.15) is 0 Å². The van der Waals surface area contributed by atoms with Crippen molar-refractivity contribution in [2.45, 2.75) is 44.6 Å². The fourth-order valence-corrected chi connectivity index (χ4v) is 2.73. The Morgan fingerprint density at radius 1 is 1.37 bits per heavy atom. The lowest BCUT2D eigenvalue weighted by molar-refractivity contribution is -0.142. The Bertz CT molecular complexity index is 463. The molecule has 0 heterocycles. The number of para-hydroxylation sites is 1. The zero-order valence-corrected chi connectivity index (χ0v) is 11.2. The standard InChI is InChI=1S/C15H20FNO2/c1-11-5-4-9-15(10-8-11,14(18)19)17-13-7-3-2-6-12(13)16/h2-3,6-7,11,17H,4-5,8-10H2,1H3,(H,18,19). The van der Waals surface area contributed by atoms with Crippen LogP contribution in [0.25, 0.3) is 0 Å². The molecule has 0 aliphatic heterocycles. The van der Waals surface area contributed by atoms with Gasteiger partial charge in [-0.25, -0.2) is 9.18 Å². The summed E-state index contributed by atoms with van der Waals surface area (Å²) >= 11 is 0. The molecule has 1 fully saturated rings. The van der Waals surface area contributed by atoms with E-state index < -0.39 is 17.3 Å². The van der Waals surface area contributed by atoms with Gasteiger partial charge in [0.2, 0.25) is 0 Å². The van der Waals surface area contributed by atoms with Gasteiger partial charge in [0.15, 0.2) is 0 Å². The maximum Gasteiger partial charge on any atom is 0.329 e. The summed E-state index contributed by atoms with van der Waals surface area (Å²) in [5.74, 6) is -0.756. The van der Waals surface area contributed by atoms with Crippen LogP contribution in [0.4, 0.5) is 10.1 Å². The molecule has 1 aromatic rings. The number of rotatable bonds is 3. The molecule has 1 saturated carbocycles. The molecule has 1 aromatic carbocycles. The number of carboxylic acids is 1. The molecule has 0 radical (unpaired) electrons. The third-order valence-electron chi connectivity index (χ3n) is 4.02. The molecular weight excluding hydrogens is 245 g/mol. The van der Waals surface area contributed by atoms with Gasteiger partial charge in [0.05, 0.1) is 5.69 Å². The summed E-state index contributed by atoms with van der Waals surface area (Å²) in [5, 5.41) is 12.5. The molecule has 2 unspecified atom stereocenters. The highest BCUT2D eigenvalue weighted by atomic mass is 19.1. The molecule has 19 heavy (non-hydrogen) atoms. The van der Waals surface area contributed by atoms with Crippen molar-refractivity contribution < 1.29 is 14.3 Å². The van der Waals surface area contributed by atoms with E-state index in [9.17, 15) is 14.3 Å². The molecule has 3 nitrogen and oxygen atoms in total. The van der Waals surface area contributed by atoms with E-state index in [1.165, 1.54) is 6.07 Å². The summed E-state index contributed by atoms with van der Waals surface area (Å²) in [4.78, 5) is 11.7. The predicted molar refractivity (Wildman–Crippen MR) is 72.6 cm³/mol. The monoisotopic (exact) mass is 265 g/mol.